The molecular weight excluding hydrogens is 364 g/mol. The Balaban J connectivity index is 2.72. The summed E-state index contributed by atoms with van der Waals surface area (Å²) in [7, 11) is -3.58. The fourth-order valence-electron chi connectivity index (χ4n) is 2.17. The van der Waals surface area contributed by atoms with Gasteiger partial charge in [0.1, 0.15) is 5.75 Å². The van der Waals surface area contributed by atoms with Crippen LogP contribution in [0.15, 0.2) is 23.1 Å². The topological polar surface area (TPSA) is 75.7 Å². The number of ether oxygens (including phenoxy) is 1. The molecule has 1 amide bonds. The molecule has 142 valence electrons. The van der Waals surface area contributed by atoms with Crippen molar-refractivity contribution in [3.05, 3.63) is 23.2 Å². The number of amides is 1. The van der Waals surface area contributed by atoms with Gasteiger partial charge >= 0.3 is 0 Å². The molecule has 8 heteroatoms. The Morgan fingerprint density at radius 1 is 1.28 bits per heavy atom. The van der Waals surface area contributed by atoms with E-state index in [-0.39, 0.29) is 28.2 Å². The van der Waals surface area contributed by atoms with Crippen LogP contribution in [0.1, 0.15) is 34.1 Å². The molecule has 0 aliphatic rings. The first-order valence-electron chi connectivity index (χ1n) is 8.41. The van der Waals surface area contributed by atoms with Crippen molar-refractivity contribution in [3.63, 3.8) is 0 Å². The third kappa shape index (κ3) is 6.49. The first-order valence-corrected chi connectivity index (χ1v) is 10.2. The number of benzene rings is 1. The highest BCUT2D eigenvalue weighted by Gasteiger charge is 2.22. The summed E-state index contributed by atoms with van der Waals surface area (Å²) >= 11 is 6.12. The number of halogens is 1. The average Bonchev–Trinajstić information content (AvgIpc) is 2.54. The Morgan fingerprint density at radius 2 is 1.92 bits per heavy atom. The van der Waals surface area contributed by atoms with Crippen LogP contribution in [0.3, 0.4) is 0 Å². The number of nitrogens with zero attached hydrogens (tertiary/aromatic N) is 1. The molecule has 0 bridgehead atoms. The lowest BCUT2D eigenvalue weighted by molar-refractivity contribution is -0.123. The molecule has 6 nitrogen and oxygen atoms in total. The number of sulfonamides is 1. The minimum absolute atomic E-state index is 0.106. The van der Waals surface area contributed by atoms with Crippen LogP contribution in [0.4, 0.5) is 0 Å². The van der Waals surface area contributed by atoms with E-state index < -0.39 is 10.0 Å². The quantitative estimate of drug-likeness (QED) is 0.666. The van der Waals surface area contributed by atoms with Crippen LogP contribution in [-0.4, -0.2) is 44.9 Å². The molecule has 25 heavy (non-hydrogen) atoms. The summed E-state index contributed by atoms with van der Waals surface area (Å²) in [5, 5.41) is 2.92. The molecule has 0 atom stereocenters. The van der Waals surface area contributed by atoms with Gasteiger partial charge in [-0.25, -0.2) is 8.42 Å². The lowest BCUT2D eigenvalue weighted by Crippen LogP contribution is -2.31. The van der Waals surface area contributed by atoms with Crippen molar-refractivity contribution in [3.8, 4) is 5.75 Å². The molecule has 1 aromatic carbocycles. The van der Waals surface area contributed by atoms with E-state index in [2.05, 4.69) is 19.2 Å². The van der Waals surface area contributed by atoms with Crippen LogP contribution in [0.5, 0.6) is 5.75 Å². The van der Waals surface area contributed by atoms with E-state index in [4.69, 9.17) is 16.3 Å². The largest absolute Gasteiger partial charge is 0.482 e. The summed E-state index contributed by atoms with van der Waals surface area (Å²) in [6.45, 7) is 8.90. The van der Waals surface area contributed by atoms with E-state index in [9.17, 15) is 13.2 Å². The fourth-order valence-corrected chi connectivity index (χ4v) is 3.95. The summed E-state index contributed by atoms with van der Waals surface area (Å²) in [5.74, 6) is 0.548. The van der Waals surface area contributed by atoms with E-state index in [0.29, 0.717) is 25.6 Å². The first-order chi connectivity index (χ1) is 11.7. The molecule has 0 spiro atoms. The Hall–Kier alpha value is -1.31. The highest BCUT2D eigenvalue weighted by atomic mass is 35.5. The molecule has 1 rings (SSSR count). The summed E-state index contributed by atoms with van der Waals surface area (Å²) < 4.78 is 31.7. The van der Waals surface area contributed by atoms with E-state index in [1.54, 1.807) is 13.8 Å². The third-order valence-corrected chi connectivity index (χ3v) is 5.99. The molecule has 0 heterocycles. The van der Waals surface area contributed by atoms with Gasteiger partial charge in [0.25, 0.3) is 5.91 Å². The number of hydrogen-bond acceptors (Lipinski definition) is 4. The highest BCUT2D eigenvalue weighted by molar-refractivity contribution is 7.89. The number of rotatable bonds is 10. The zero-order valence-electron chi connectivity index (χ0n) is 15.2. The first kappa shape index (κ1) is 21.7. The summed E-state index contributed by atoms with van der Waals surface area (Å²) in [6.07, 6.45) is 0.893. The normalized spacial score (nSPS) is 11.8. The lowest BCUT2D eigenvalue weighted by atomic mass is 10.1. The van der Waals surface area contributed by atoms with Crippen LogP contribution >= 0.6 is 11.6 Å². The summed E-state index contributed by atoms with van der Waals surface area (Å²) in [4.78, 5) is 11.8. The van der Waals surface area contributed by atoms with Gasteiger partial charge in [-0.1, -0.05) is 39.3 Å². The van der Waals surface area contributed by atoms with Gasteiger partial charge in [-0.3, -0.25) is 4.79 Å². The average molecular weight is 391 g/mol. The summed E-state index contributed by atoms with van der Waals surface area (Å²) in [6, 6.07) is 4.26. The minimum Gasteiger partial charge on any atom is -0.482 e. The SMILES string of the molecule is CCN(CC)S(=O)(=O)c1ccc(OCC(=O)NCCC(C)C)c(Cl)c1. The van der Waals surface area contributed by atoms with Gasteiger partial charge in [0, 0.05) is 19.6 Å². The molecule has 1 aromatic rings. The molecule has 0 unspecified atom stereocenters. The molecule has 0 aliphatic heterocycles. The van der Waals surface area contributed by atoms with E-state index >= 15 is 0 Å². The van der Waals surface area contributed by atoms with Gasteiger partial charge in [-0.2, -0.15) is 4.31 Å². The van der Waals surface area contributed by atoms with Crippen LogP contribution in [0.25, 0.3) is 0 Å². The molecule has 0 saturated heterocycles. The Kier molecular flexibility index (Phi) is 8.68. The second-order valence-corrected chi connectivity index (χ2v) is 8.35. The van der Waals surface area contributed by atoms with Crippen LogP contribution in [0, 0.1) is 5.92 Å². The van der Waals surface area contributed by atoms with Crippen LogP contribution < -0.4 is 10.1 Å². The number of carbonyl (C=O) groups is 1. The predicted octanol–water partition coefficient (Wildman–Crippen LogP) is 2.91. The zero-order chi connectivity index (χ0) is 19.0. The fraction of sp³-hybridized carbons (Fsp3) is 0.588. The van der Waals surface area contributed by atoms with Crippen molar-refractivity contribution in [1.29, 1.82) is 0 Å². The molecular formula is C17H27ClN2O4S. The second kappa shape index (κ2) is 9.99. The van der Waals surface area contributed by atoms with Gasteiger partial charge < -0.3 is 10.1 Å². The minimum atomic E-state index is -3.58. The number of hydrogen-bond donors (Lipinski definition) is 1. The molecule has 0 fully saturated rings. The van der Waals surface area contributed by atoms with E-state index in [1.807, 2.05) is 0 Å². The highest BCUT2D eigenvalue weighted by Crippen LogP contribution is 2.28. The van der Waals surface area contributed by atoms with Gasteiger partial charge in [0.05, 0.1) is 9.92 Å². The zero-order valence-corrected chi connectivity index (χ0v) is 16.8. The maximum Gasteiger partial charge on any atom is 0.257 e. The maximum atomic E-state index is 12.5. The van der Waals surface area contributed by atoms with Crippen molar-refractivity contribution < 1.29 is 17.9 Å². The standard InChI is InChI=1S/C17H27ClN2O4S/c1-5-20(6-2)25(22,23)14-7-8-16(15(18)11-14)24-12-17(21)19-10-9-13(3)4/h7-8,11,13H,5-6,9-10,12H2,1-4H3,(H,19,21). The molecule has 1 N–H and O–H groups in total. The van der Waals surface area contributed by atoms with Crippen LogP contribution in [-0.2, 0) is 14.8 Å². The van der Waals surface area contributed by atoms with Gasteiger partial charge in [-0.05, 0) is 30.5 Å². The second-order valence-electron chi connectivity index (χ2n) is 6.00. The molecule has 0 aliphatic carbocycles. The Labute approximate surface area is 155 Å². The molecule has 0 aromatic heterocycles. The third-order valence-electron chi connectivity index (χ3n) is 3.65. The predicted molar refractivity (Wildman–Crippen MR) is 99.5 cm³/mol. The van der Waals surface area contributed by atoms with Crippen molar-refractivity contribution in [2.75, 3.05) is 26.2 Å². The van der Waals surface area contributed by atoms with Crippen molar-refractivity contribution in [2.24, 2.45) is 5.92 Å². The van der Waals surface area contributed by atoms with E-state index in [0.717, 1.165) is 6.42 Å². The van der Waals surface area contributed by atoms with Crippen molar-refractivity contribution in [2.45, 2.75) is 39.0 Å². The van der Waals surface area contributed by atoms with Crippen molar-refractivity contribution >= 4 is 27.5 Å². The Bertz CT molecular complexity index is 673. The lowest BCUT2D eigenvalue weighted by Gasteiger charge is -2.19. The molecule has 0 radical (unpaired) electrons. The van der Waals surface area contributed by atoms with Gasteiger partial charge in [0.2, 0.25) is 10.0 Å². The number of nitrogens with one attached hydrogen (secondary N) is 1. The molecule has 0 saturated carbocycles. The maximum absolute atomic E-state index is 12.5. The Morgan fingerprint density at radius 3 is 2.44 bits per heavy atom. The van der Waals surface area contributed by atoms with Gasteiger partial charge in [0.15, 0.2) is 6.61 Å². The number of carbonyl (C=O) groups excluding carboxylic acids is 1. The van der Waals surface area contributed by atoms with Crippen LogP contribution in [0.2, 0.25) is 5.02 Å². The van der Waals surface area contributed by atoms with Gasteiger partial charge in [-0.15, -0.1) is 0 Å². The monoisotopic (exact) mass is 390 g/mol. The van der Waals surface area contributed by atoms with E-state index in [1.165, 1.54) is 22.5 Å². The smallest absolute Gasteiger partial charge is 0.257 e. The summed E-state index contributed by atoms with van der Waals surface area (Å²) in [5.41, 5.74) is 0. The van der Waals surface area contributed by atoms with Crippen molar-refractivity contribution in [1.82, 2.24) is 9.62 Å².